The van der Waals surface area contributed by atoms with E-state index in [-0.39, 0.29) is 5.75 Å². The molecule has 3 atom stereocenters. The Morgan fingerprint density at radius 2 is 2.18 bits per heavy atom. The molecule has 3 unspecified atom stereocenters. The zero-order valence-electron chi connectivity index (χ0n) is 10.1. The molecule has 2 heteroatoms. The van der Waals surface area contributed by atoms with Gasteiger partial charge in [-0.3, -0.25) is 0 Å². The zero-order valence-corrected chi connectivity index (χ0v) is 10.1. The minimum absolute atomic E-state index is 0.226. The third kappa shape index (κ3) is 1.92. The molecule has 2 aliphatic carbocycles. The SMILES string of the molecule is COc1cc(CC2CC3C=CC2C3)ccc1O. The summed E-state index contributed by atoms with van der Waals surface area (Å²) in [4.78, 5) is 0. The Bertz CT molecular complexity index is 450. The minimum atomic E-state index is 0.226. The number of hydrogen-bond acceptors (Lipinski definition) is 2. The normalized spacial score (nSPS) is 29.8. The van der Waals surface area contributed by atoms with Crippen LogP contribution in [0.15, 0.2) is 30.4 Å². The largest absolute Gasteiger partial charge is 0.504 e. The van der Waals surface area contributed by atoms with Gasteiger partial charge >= 0.3 is 0 Å². The van der Waals surface area contributed by atoms with Gasteiger partial charge in [-0.05, 0) is 54.7 Å². The van der Waals surface area contributed by atoms with E-state index in [9.17, 15) is 5.11 Å². The van der Waals surface area contributed by atoms with E-state index in [1.807, 2.05) is 12.1 Å². The molecule has 0 radical (unpaired) electrons. The fourth-order valence-corrected chi connectivity index (χ4v) is 3.28. The van der Waals surface area contributed by atoms with Crippen LogP contribution in [0.25, 0.3) is 0 Å². The highest BCUT2D eigenvalue weighted by Gasteiger charge is 2.35. The molecule has 90 valence electrons. The van der Waals surface area contributed by atoms with Crippen molar-refractivity contribution in [1.29, 1.82) is 0 Å². The standard InChI is InChI=1S/C15H18O2/c1-17-15-9-11(3-5-14(15)16)8-13-7-10-2-4-12(13)6-10/h2-5,9-10,12-13,16H,6-8H2,1H3. The van der Waals surface area contributed by atoms with Gasteiger partial charge in [0.15, 0.2) is 11.5 Å². The van der Waals surface area contributed by atoms with E-state index in [0.717, 1.165) is 24.2 Å². The van der Waals surface area contributed by atoms with Crippen LogP contribution in [0.5, 0.6) is 11.5 Å². The summed E-state index contributed by atoms with van der Waals surface area (Å²) in [5.74, 6) is 3.19. The van der Waals surface area contributed by atoms with E-state index in [0.29, 0.717) is 5.75 Å². The van der Waals surface area contributed by atoms with E-state index in [1.54, 1.807) is 13.2 Å². The van der Waals surface area contributed by atoms with E-state index in [4.69, 9.17) is 4.74 Å². The molecule has 2 aliphatic rings. The summed E-state index contributed by atoms with van der Waals surface area (Å²) in [6.45, 7) is 0. The lowest BCUT2D eigenvalue weighted by Gasteiger charge is -2.18. The van der Waals surface area contributed by atoms with Gasteiger partial charge < -0.3 is 9.84 Å². The number of fused-ring (bicyclic) bond motifs is 2. The average Bonchev–Trinajstić information content (AvgIpc) is 2.93. The Hall–Kier alpha value is -1.44. The van der Waals surface area contributed by atoms with E-state index in [1.165, 1.54) is 18.4 Å². The molecule has 0 aliphatic heterocycles. The average molecular weight is 230 g/mol. The van der Waals surface area contributed by atoms with Gasteiger partial charge in [0.1, 0.15) is 0 Å². The van der Waals surface area contributed by atoms with Gasteiger partial charge in [-0.2, -0.15) is 0 Å². The Morgan fingerprint density at radius 3 is 2.82 bits per heavy atom. The summed E-state index contributed by atoms with van der Waals surface area (Å²) in [5, 5.41) is 9.56. The quantitative estimate of drug-likeness (QED) is 0.808. The first kappa shape index (κ1) is 10.7. The van der Waals surface area contributed by atoms with Crippen molar-refractivity contribution in [3.63, 3.8) is 0 Å². The van der Waals surface area contributed by atoms with Gasteiger partial charge in [0.05, 0.1) is 7.11 Å². The number of aromatic hydroxyl groups is 1. The van der Waals surface area contributed by atoms with Crippen LogP contribution in [0.1, 0.15) is 18.4 Å². The topological polar surface area (TPSA) is 29.5 Å². The van der Waals surface area contributed by atoms with Crippen molar-refractivity contribution in [2.24, 2.45) is 17.8 Å². The first-order valence-corrected chi connectivity index (χ1v) is 6.30. The van der Waals surface area contributed by atoms with Gasteiger partial charge in [-0.15, -0.1) is 0 Å². The summed E-state index contributed by atoms with van der Waals surface area (Å²) >= 11 is 0. The highest BCUT2D eigenvalue weighted by molar-refractivity contribution is 5.42. The molecule has 2 bridgehead atoms. The van der Waals surface area contributed by atoms with Crippen molar-refractivity contribution in [3.8, 4) is 11.5 Å². The molecule has 0 spiro atoms. The lowest BCUT2D eigenvalue weighted by atomic mass is 9.87. The van der Waals surface area contributed by atoms with Gasteiger partial charge in [-0.25, -0.2) is 0 Å². The second-order valence-electron chi connectivity index (χ2n) is 5.25. The number of benzene rings is 1. The van der Waals surface area contributed by atoms with Crippen LogP contribution in [0.2, 0.25) is 0 Å². The number of phenolic OH excluding ortho intramolecular Hbond substituents is 1. The summed E-state index contributed by atoms with van der Waals surface area (Å²) in [7, 11) is 1.60. The monoisotopic (exact) mass is 230 g/mol. The van der Waals surface area contributed by atoms with Gasteiger partial charge in [0.2, 0.25) is 0 Å². The molecule has 0 aromatic heterocycles. The highest BCUT2D eigenvalue weighted by atomic mass is 16.5. The van der Waals surface area contributed by atoms with Crippen LogP contribution in [0, 0.1) is 17.8 Å². The minimum Gasteiger partial charge on any atom is -0.504 e. The lowest BCUT2D eigenvalue weighted by Crippen LogP contribution is -2.10. The number of allylic oxidation sites excluding steroid dienone is 2. The maximum Gasteiger partial charge on any atom is 0.160 e. The fraction of sp³-hybridized carbons (Fsp3) is 0.467. The molecule has 0 saturated heterocycles. The maximum absolute atomic E-state index is 9.56. The Balaban J connectivity index is 1.75. The van der Waals surface area contributed by atoms with Crippen molar-refractivity contribution >= 4 is 0 Å². The Morgan fingerprint density at radius 1 is 1.29 bits per heavy atom. The predicted molar refractivity (Wildman–Crippen MR) is 67.2 cm³/mol. The fourth-order valence-electron chi connectivity index (χ4n) is 3.28. The highest BCUT2D eigenvalue weighted by Crippen LogP contribution is 2.45. The van der Waals surface area contributed by atoms with Crippen molar-refractivity contribution in [3.05, 3.63) is 35.9 Å². The Labute approximate surface area is 102 Å². The van der Waals surface area contributed by atoms with Crippen LogP contribution in [-0.4, -0.2) is 12.2 Å². The second-order valence-corrected chi connectivity index (χ2v) is 5.25. The van der Waals surface area contributed by atoms with Crippen molar-refractivity contribution < 1.29 is 9.84 Å². The number of hydrogen-bond donors (Lipinski definition) is 1. The summed E-state index contributed by atoms with van der Waals surface area (Å²) in [5.41, 5.74) is 1.27. The maximum atomic E-state index is 9.56. The molecule has 2 nitrogen and oxygen atoms in total. The van der Waals surface area contributed by atoms with Crippen molar-refractivity contribution in [2.75, 3.05) is 7.11 Å². The number of phenols is 1. The third-order valence-corrected chi connectivity index (χ3v) is 4.16. The van der Waals surface area contributed by atoms with Gasteiger partial charge in [0.25, 0.3) is 0 Å². The molecule has 1 fully saturated rings. The summed E-state index contributed by atoms with van der Waals surface area (Å²) < 4.78 is 5.15. The first-order chi connectivity index (χ1) is 8.26. The van der Waals surface area contributed by atoms with Gasteiger partial charge in [0, 0.05) is 0 Å². The lowest BCUT2D eigenvalue weighted by molar-refractivity contribution is 0.371. The number of ether oxygens (including phenoxy) is 1. The van der Waals surface area contributed by atoms with E-state index >= 15 is 0 Å². The van der Waals surface area contributed by atoms with Crippen LogP contribution >= 0.6 is 0 Å². The van der Waals surface area contributed by atoms with Crippen LogP contribution in [0.3, 0.4) is 0 Å². The molecule has 0 heterocycles. The molecule has 1 N–H and O–H groups in total. The van der Waals surface area contributed by atoms with Crippen LogP contribution in [-0.2, 0) is 6.42 Å². The molecule has 0 amide bonds. The van der Waals surface area contributed by atoms with E-state index < -0.39 is 0 Å². The molecule has 17 heavy (non-hydrogen) atoms. The Kier molecular flexibility index (Phi) is 2.58. The molecular formula is C15H18O2. The van der Waals surface area contributed by atoms with Crippen molar-refractivity contribution in [2.45, 2.75) is 19.3 Å². The van der Waals surface area contributed by atoms with Crippen LogP contribution in [0.4, 0.5) is 0 Å². The molecule has 1 aromatic rings. The summed E-state index contributed by atoms with van der Waals surface area (Å²) in [6.07, 6.45) is 8.53. The van der Waals surface area contributed by atoms with Crippen LogP contribution < -0.4 is 4.74 Å². The van der Waals surface area contributed by atoms with Crippen molar-refractivity contribution in [1.82, 2.24) is 0 Å². The number of methoxy groups -OCH3 is 1. The number of rotatable bonds is 3. The third-order valence-electron chi connectivity index (χ3n) is 4.16. The summed E-state index contributed by atoms with van der Waals surface area (Å²) in [6, 6.07) is 5.70. The molecule has 1 aromatic carbocycles. The molecule has 3 rings (SSSR count). The van der Waals surface area contributed by atoms with E-state index in [2.05, 4.69) is 12.2 Å². The zero-order chi connectivity index (χ0) is 11.8. The molecular weight excluding hydrogens is 212 g/mol. The second kappa shape index (κ2) is 4.10. The molecule has 1 saturated carbocycles. The van der Waals surface area contributed by atoms with Gasteiger partial charge in [-0.1, -0.05) is 18.2 Å². The first-order valence-electron chi connectivity index (χ1n) is 6.30. The smallest absolute Gasteiger partial charge is 0.160 e. The predicted octanol–water partition coefficient (Wildman–Crippen LogP) is 3.16.